The largest absolute Gasteiger partial charge is 0.311 e. The van der Waals surface area contributed by atoms with Gasteiger partial charge in [0.1, 0.15) is 0 Å². The average molecular weight is 262 g/mol. The van der Waals surface area contributed by atoms with Gasteiger partial charge in [0.05, 0.1) is 11.4 Å². The van der Waals surface area contributed by atoms with Gasteiger partial charge < -0.3 is 5.32 Å². The van der Waals surface area contributed by atoms with Gasteiger partial charge in [-0.25, -0.2) is 0 Å². The molecule has 1 saturated heterocycles. The van der Waals surface area contributed by atoms with Crippen molar-refractivity contribution >= 4 is 0 Å². The number of hydrogen-bond acceptors (Lipinski definition) is 3. The van der Waals surface area contributed by atoms with E-state index in [-0.39, 0.29) is 0 Å². The highest BCUT2D eigenvalue weighted by Gasteiger charge is 2.36. The van der Waals surface area contributed by atoms with Crippen LogP contribution in [0, 0.1) is 5.92 Å². The van der Waals surface area contributed by atoms with Crippen molar-refractivity contribution in [1.29, 1.82) is 0 Å². The monoisotopic (exact) mass is 262 g/mol. The van der Waals surface area contributed by atoms with Gasteiger partial charge in [-0.1, -0.05) is 6.92 Å². The SMILES string of the molecule is CCc1cc(CN2CC(C3CC3)NCC2C)n(C)n1. The molecular formula is C15H26N4. The zero-order chi connectivity index (χ0) is 13.4. The molecule has 0 amide bonds. The maximum atomic E-state index is 4.56. The lowest BCUT2D eigenvalue weighted by molar-refractivity contribution is 0.122. The predicted molar refractivity (Wildman–Crippen MR) is 77.0 cm³/mol. The molecule has 3 rings (SSSR count). The molecule has 1 aliphatic heterocycles. The molecule has 1 saturated carbocycles. The summed E-state index contributed by atoms with van der Waals surface area (Å²) >= 11 is 0. The van der Waals surface area contributed by atoms with Crippen LogP contribution in [0.25, 0.3) is 0 Å². The summed E-state index contributed by atoms with van der Waals surface area (Å²) in [7, 11) is 2.07. The number of rotatable bonds is 4. The third-order valence-electron chi connectivity index (χ3n) is 4.68. The summed E-state index contributed by atoms with van der Waals surface area (Å²) in [6, 6.07) is 3.60. The molecular weight excluding hydrogens is 236 g/mol. The Hall–Kier alpha value is -0.870. The first kappa shape index (κ1) is 13.1. The van der Waals surface area contributed by atoms with Crippen molar-refractivity contribution in [1.82, 2.24) is 20.0 Å². The standard InChI is InChI=1S/C15H26N4/c1-4-13-7-14(18(3)17-13)9-19-10-15(12-5-6-12)16-8-11(19)2/h7,11-12,15-16H,4-6,8-10H2,1-3H3. The van der Waals surface area contributed by atoms with E-state index in [1.54, 1.807) is 0 Å². The lowest BCUT2D eigenvalue weighted by atomic mass is 10.1. The molecule has 1 N–H and O–H groups in total. The fourth-order valence-corrected chi connectivity index (χ4v) is 3.08. The van der Waals surface area contributed by atoms with Crippen molar-refractivity contribution in [2.24, 2.45) is 13.0 Å². The summed E-state index contributed by atoms with van der Waals surface area (Å²) in [5.41, 5.74) is 2.55. The Balaban J connectivity index is 1.67. The van der Waals surface area contributed by atoms with E-state index >= 15 is 0 Å². The lowest BCUT2D eigenvalue weighted by Gasteiger charge is -2.39. The molecule has 0 bridgehead atoms. The second-order valence-electron chi connectivity index (χ2n) is 6.23. The number of aryl methyl sites for hydroxylation is 2. The summed E-state index contributed by atoms with van der Waals surface area (Å²) in [6.07, 6.45) is 3.87. The first-order valence-electron chi connectivity index (χ1n) is 7.66. The Morgan fingerprint density at radius 3 is 2.84 bits per heavy atom. The molecule has 1 aromatic heterocycles. The normalized spacial score (nSPS) is 28.8. The molecule has 0 radical (unpaired) electrons. The Bertz CT molecular complexity index is 435. The smallest absolute Gasteiger partial charge is 0.0625 e. The van der Waals surface area contributed by atoms with Gasteiger partial charge in [0, 0.05) is 38.8 Å². The van der Waals surface area contributed by atoms with Crippen molar-refractivity contribution in [2.45, 2.75) is 51.7 Å². The molecule has 4 nitrogen and oxygen atoms in total. The third-order valence-corrected chi connectivity index (χ3v) is 4.68. The van der Waals surface area contributed by atoms with Crippen LogP contribution in [0.4, 0.5) is 0 Å². The Labute approximate surface area is 116 Å². The Morgan fingerprint density at radius 2 is 2.21 bits per heavy atom. The summed E-state index contributed by atoms with van der Waals surface area (Å²) < 4.78 is 2.06. The lowest BCUT2D eigenvalue weighted by Crippen LogP contribution is -2.55. The van der Waals surface area contributed by atoms with Crippen LogP contribution in [-0.2, 0) is 20.0 Å². The number of nitrogens with zero attached hydrogens (tertiary/aromatic N) is 3. The van der Waals surface area contributed by atoms with Gasteiger partial charge >= 0.3 is 0 Å². The van der Waals surface area contributed by atoms with Crippen LogP contribution < -0.4 is 5.32 Å². The maximum Gasteiger partial charge on any atom is 0.0625 e. The molecule has 2 heterocycles. The summed E-state index contributed by atoms with van der Waals surface area (Å²) in [6.45, 7) is 7.85. The zero-order valence-electron chi connectivity index (χ0n) is 12.4. The van der Waals surface area contributed by atoms with Gasteiger partial charge in [0.25, 0.3) is 0 Å². The van der Waals surface area contributed by atoms with Gasteiger partial charge in [-0.3, -0.25) is 9.58 Å². The van der Waals surface area contributed by atoms with Crippen molar-refractivity contribution in [3.63, 3.8) is 0 Å². The van der Waals surface area contributed by atoms with Gasteiger partial charge in [-0.05, 0) is 38.2 Å². The van der Waals surface area contributed by atoms with E-state index in [2.05, 4.69) is 47.0 Å². The Kier molecular flexibility index (Phi) is 3.63. The van der Waals surface area contributed by atoms with E-state index < -0.39 is 0 Å². The van der Waals surface area contributed by atoms with Crippen molar-refractivity contribution < 1.29 is 0 Å². The predicted octanol–water partition coefficient (Wildman–Crippen LogP) is 1.55. The zero-order valence-corrected chi connectivity index (χ0v) is 12.4. The first-order chi connectivity index (χ1) is 9.17. The van der Waals surface area contributed by atoms with Crippen LogP contribution in [0.2, 0.25) is 0 Å². The van der Waals surface area contributed by atoms with Crippen LogP contribution in [0.3, 0.4) is 0 Å². The van der Waals surface area contributed by atoms with Gasteiger partial charge in [0.2, 0.25) is 0 Å². The summed E-state index contributed by atoms with van der Waals surface area (Å²) in [5, 5.41) is 8.27. The number of aromatic nitrogens is 2. The van der Waals surface area contributed by atoms with Crippen LogP contribution in [-0.4, -0.2) is 39.9 Å². The van der Waals surface area contributed by atoms with Crippen LogP contribution in [0.15, 0.2) is 6.07 Å². The molecule has 2 unspecified atom stereocenters. The molecule has 106 valence electrons. The van der Waals surface area contributed by atoms with E-state index in [9.17, 15) is 0 Å². The van der Waals surface area contributed by atoms with Crippen molar-refractivity contribution in [2.75, 3.05) is 13.1 Å². The van der Waals surface area contributed by atoms with Crippen LogP contribution in [0.1, 0.15) is 38.1 Å². The minimum atomic E-state index is 0.620. The Morgan fingerprint density at radius 1 is 1.42 bits per heavy atom. The second-order valence-corrected chi connectivity index (χ2v) is 6.23. The summed E-state index contributed by atoms with van der Waals surface area (Å²) in [4.78, 5) is 2.62. The van der Waals surface area contributed by atoms with Gasteiger partial charge in [-0.15, -0.1) is 0 Å². The van der Waals surface area contributed by atoms with Gasteiger partial charge in [-0.2, -0.15) is 5.10 Å². The minimum Gasteiger partial charge on any atom is -0.311 e. The quantitative estimate of drug-likeness (QED) is 0.894. The molecule has 1 aliphatic carbocycles. The van der Waals surface area contributed by atoms with Gasteiger partial charge in [0.15, 0.2) is 0 Å². The van der Waals surface area contributed by atoms with E-state index in [4.69, 9.17) is 0 Å². The summed E-state index contributed by atoms with van der Waals surface area (Å²) in [5.74, 6) is 0.938. The molecule has 2 fully saturated rings. The van der Waals surface area contributed by atoms with Crippen LogP contribution in [0.5, 0.6) is 0 Å². The fourth-order valence-electron chi connectivity index (χ4n) is 3.08. The second kappa shape index (κ2) is 5.25. The highest BCUT2D eigenvalue weighted by Crippen LogP contribution is 2.34. The maximum absolute atomic E-state index is 4.56. The number of hydrogen-bond donors (Lipinski definition) is 1. The highest BCUT2D eigenvalue weighted by molar-refractivity contribution is 5.10. The van der Waals surface area contributed by atoms with E-state index in [0.717, 1.165) is 31.5 Å². The molecule has 4 heteroatoms. The first-order valence-corrected chi connectivity index (χ1v) is 7.66. The highest BCUT2D eigenvalue weighted by atomic mass is 15.3. The molecule has 19 heavy (non-hydrogen) atoms. The van der Waals surface area contributed by atoms with E-state index in [0.29, 0.717) is 6.04 Å². The van der Waals surface area contributed by atoms with Crippen molar-refractivity contribution in [3.8, 4) is 0 Å². The molecule has 0 spiro atoms. The molecule has 2 aliphatic rings. The van der Waals surface area contributed by atoms with Crippen LogP contribution >= 0.6 is 0 Å². The number of piperazine rings is 1. The average Bonchev–Trinajstić information content (AvgIpc) is 3.18. The molecule has 1 aromatic rings. The number of nitrogens with one attached hydrogen (secondary N) is 1. The van der Waals surface area contributed by atoms with E-state index in [1.807, 2.05) is 0 Å². The fraction of sp³-hybridized carbons (Fsp3) is 0.800. The molecule has 2 atom stereocenters. The minimum absolute atomic E-state index is 0.620. The topological polar surface area (TPSA) is 33.1 Å². The van der Waals surface area contributed by atoms with Crippen molar-refractivity contribution in [3.05, 3.63) is 17.5 Å². The third kappa shape index (κ3) is 2.84. The molecule has 0 aromatic carbocycles. The van der Waals surface area contributed by atoms with E-state index in [1.165, 1.54) is 30.8 Å².